The number of phenolic OH excluding ortho intramolecular Hbond substituents is 1. The summed E-state index contributed by atoms with van der Waals surface area (Å²) in [5.74, 6) is -0.545. The lowest BCUT2D eigenvalue weighted by atomic mass is 9.73. The van der Waals surface area contributed by atoms with Crippen LogP contribution in [0.2, 0.25) is 6.82 Å². The molecule has 1 rings (SSSR count). The van der Waals surface area contributed by atoms with Crippen LogP contribution in [0.15, 0.2) is 18.2 Å². The summed E-state index contributed by atoms with van der Waals surface area (Å²) in [6.07, 6.45) is 0. The van der Waals surface area contributed by atoms with Gasteiger partial charge in [-0.15, -0.1) is 0 Å². The van der Waals surface area contributed by atoms with Crippen molar-refractivity contribution in [2.24, 2.45) is 0 Å². The van der Waals surface area contributed by atoms with Gasteiger partial charge in [0.25, 0.3) is 0 Å². The largest absolute Gasteiger partial charge is 0.507 e. The van der Waals surface area contributed by atoms with Gasteiger partial charge in [0.15, 0.2) is 7.28 Å². The Morgan fingerprint density at radius 3 is 2.77 bits per heavy atom. The highest BCUT2D eigenvalue weighted by Crippen LogP contribution is 2.14. The molecule has 1 aromatic carbocycles. The van der Waals surface area contributed by atoms with E-state index < -0.39 is 5.97 Å². The summed E-state index contributed by atoms with van der Waals surface area (Å²) in [6.45, 7) is 1.98. The van der Waals surface area contributed by atoms with Crippen LogP contribution in [0.1, 0.15) is 10.4 Å². The summed E-state index contributed by atoms with van der Waals surface area (Å²) in [7, 11) is 2.12. The van der Waals surface area contributed by atoms with Crippen molar-refractivity contribution in [2.45, 2.75) is 6.82 Å². The molecule has 0 saturated heterocycles. The maximum absolute atomic E-state index is 11.1. The van der Waals surface area contributed by atoms with E-state index in [1.165, 1.54) is 13.2 Å². The van der Waals surface area contributed by atoms with Crippen molar-refractivity contribution >= 4 is 18.7 Å². The van der Waals surface area contributed by atoms with Gasteiger partial charge in [0.2, 0.25) is 0 Å². The maximum Gasteiger partial charge on any atom is 0.341 e. The second-order valence-electron chi connectivity index (χ2n) is 2.70. The van der Waals surface area contributed by atoms with Crippen LogP contribution < -0.4 is 5.46 Å². The molecule has 0 aliphatic rings. The maximum atomic E-state index is 11.1. The fraction of sp³-hybridized carbons (Fsp3) is 0.222. The Balaban J connectivity index is 3.11. The van der Waals surface area contributed by atoms with Gasteiger partial charge < -0.3 is 9.84 Å². The first-order chi connectivity index (χ1) is 6.19. The minimum absolute atomic E-state index is 0.0379. The molecular formula is C9H11BO3. The van der Waals surface area contributed by atoms with Gasteiger partial charge in [-0.25, -0.2) is 4.79 Å². The molecule has 0 bridgehead atoms. The average molecular weight is 178 g/mol. The topological polar surface area (TPSA) is 46.5 Å². The van der Waals surface area contributed by atoms with E-state index in [0.29, 0.717) is 0 Å². The van der Waals surface area contributed by atoms with Gasteiger partial charge in [-0.1, -0.05) is 18.4 Å². The summed E-state index contributed by atoms with van der Waals surface area (Å²) in [5, 5.41) is 9.33. The summed E-state index contributed by atoms with van der Waals surface area (Å²) >= 11 is 0. The van der Waals surface area contributed by atoms with E-state index in [1.54, 1.807) is 12.1 Å². The second-order valence-corrected chi connectivity index (χ2v) is 2.70. The molecule has 1 N–H and O–H groups in total. The minimum Gasteiger partial charge on any atom is -0.507 e. The molecule has 0 aliphatic carbocycles. The highest BCUT2D eigenvalue weighted by atomic mass is 16.5. The van der Waals surface area contributed by atoms with E-state index in [9.17, 15) is 9.90 Å². The number of methoxy groups -OCH3 is 1. The highest BCUT2D eigenvalue weighted by Gasteiger charge is 2.11. The molecule has 0 amide bonds. The average Bonchev–Trinajstić information content (AvgIpc) is 2.17. The molecule has 0 fully saturated rings. The number of rotatable bonds is 2. The molecule has 0 heterocycles. The van der Waals surface area contributed by atoms with E-state index in [-0.39, 0.29) is 11.3 Å². The first-order valence-electron chi connectivity index (χ1n) is 4.09. The van der Waals surface area contributed by atoms with E-state index >= 15 is 0 Å². The van der Waals surface area contributed by atoms with Crippen molar-refractivity contribution in [3.8, 4) is 5.75 Å². The number of esters is 1. The van der Waals surface area contributed by atoms with Crippen molar-refractivity contribution in [3.63, 3.8) is 0 Å². The number of phenols is 1. The van der Waals surface area contributed by atoms with Gasteiger partial charge in [-0.05, 0) is 12.1 Å². The van der Waals surface area contributed by atoms with E-state index in [4.69, 9.17) is 0 Å². The monoisotopic (exact) mass is 178 g/mol. The van der Waals surface area contributed by atoms with Crippen LogP contribution in [0.25, 0.3) is 0 Å². The van der Waals surface area contributed by atoms with E-state index in [2.05, 4.69) is 4.74 Å². The molecule has 0 aliphatic heterocycles. The van der Waals surface area contributed by atoms with Crippen molar-refractivity contribution in [3.05, 3.63) is 23.8 Å². The van der Waals surface area contributed by atoms with Crippen LogP contribution in [0.4, 0.5) is 0 Å². The normalized spacial score (nSPS) is 9.38. The first-order valence-corrected chi connectivity index (χ1v) is 4.09. The lowest BCUT2D eigenvalue weighted by Crippen LogP contribution is -2.13. The van der Waals surface area contributed by atoms with Crippen LogP contribution in [0.3, 0.4) is 0 Å². The third-order valence-electron chi connectivity index (χ3n) is 1.87. The Kier molecular flexibility index (Phi) is 2.95. The number of aromatic hydroxyl groups is 1. The van der Waals surface area contributed by atoms with Crippen molar-refractivity contribution in [1.82, 2.24) is 0 Å². The molecule has 0 unspecified atom stereocenters. The summed E-state index contributed by atoms with van der Waals surface area (Å²) < 4.78 is 4.52. The van der Waals surface area contributed by atoms with Crippen LogP contribution >= 0.6 is 0 Å². The molecule has 68 valence electrons. The van der Waals surface area contributed by atoms with Crippen LogP contribution in [-0.4, -0.2) is 25.5 Å². The van der Waals surface area contributed by atoms with Crippen molar-refractivity contribution in [2.75, 3.05) is 7.11 Å². The Morgan fingerprint density at radius 1 is 1.54 bits per heavy atom. The molecule has 4 heteroatoms. The predicted octanol–water partition coefficient (Wildman–Crippen LogP) is 0.289. The summed E-state index contributed by atoms with van der Waals surface area (Å²) in [6, 6.07) is 4.92. The zero-order valence-corrected chi connectivity index (χ0v) is 7.70. The van der Waals surface area contributed by atoms with Gasteiger partial charge in [0.05, 0.1) is 7.11 Å². The Bertz CT molecular complexity index is 323. The molecule has 0 saturated carbocycles. The van der Waals surface area contributed by atoms with Crippen LogP contribution in [0.5, 0.6) is 5.75 Å². The van der Waals surface area contributed by atoms with Gasteiger partial charge in [-0.3, -0.25) is 0 Å². The third kappa shape index (κ3) is 2.02. The Hall–Kier alpha value is -1.45. The molecule has 0 aromatic heterocycles. The number of carbonyl (C=O) groups excluding carboxylic acids is 1. The van der Waals surface area contributed by atoms with Crippen LogP contribution in [-0.2, 0) is 4.74 Å². The Morgan fingerprint density at radius 2 is 2.23 bits per heavy atom. The Labute approximate surface area is 77.6 Å². The molecule has 3 nitrogen and oxygen atoms in total. The van der Waals surface area contributed by atoms with Gasteiger partial charge in [0.1, 0.15) is 11.3 Å². The molecule has 0 radical (unpaired) electrons. The lowest BCUT2D eigenvalue weighted by molar-refractivity contribution is 0.0597. The van der Waals surface area contributed by atoms with Gasteiger partial charge in [-0.2, -0.15) is 0 Å². The molecule has 0 atom stereocenters. The molecular weight excluding hydrogens is 167 g/mol. The van der Waals surface area contributed by atoms with E-state index in [0.717, 1.165) is 12.7 Å². The van der Waals surface area contributed by atoms with Crippen molar-refractivity contribution < 1.29 is 14.6 Å². The summed E-state index contributed by atoms with van der Waals surface area (Å²) in [5.41, 5.74) is 1.22. The van der Waals surface area contributed by atoms with Gasteiger partial charge in [0, 0.05) is 0 Å². The standard InChI is InChI=1S/C9H11BO3/c1-10-6-3-4-8(11)7(5-6)9(12)13-2/h3-5,10-11H,1-2H3. The number of carbonyl (C=O) groups is 1. The molecule has 13 heavy (non-hydrogen) atoms. The zero-order valence-electron chi connectivity index (χ0n) is 7.70. The number of benzene rings is 1. The predicted molar refractivity (Wildman–Crippen MR) is 52.1 cm³/mol. The van der Waals surface area contributed by atoms with Gasteiger partial charge >= 0.3 is 5.97 Å². The third-order valence-corrected chi connectivity index (χ3v) is 1.87. The molecule has 0 spiro atoms. The second kappa shape index (κ2) is 3.98. The first kappa shape index (κ1) is 9.64. The smallest absolute Gasteiger partial charge is 0.341 e. The SMILES string of the molecule is CBc1ccc(O)c(C(=O)OC)c1. The number of hydrogen-bond acceptors (Lipinski definition) is 3. The fourth-order valence-electron chi connectivity index (χ4n) is 1.08. The minimum atomic E-state index is -0.507. The lowest BCUT2D eigenvalue weighted by Gasteiger charge is -2.03. The number of ether oxygens (including phenoxy) is 1. The van der Waals surface area contributed by atoms with Crippen molar-refractivity contribution in [1.29, 1.82) is 0 Å². The fourth-order valence-corrected chi connectivity index (χ4v) is 1.08. The molecule has 1 aromatic rings. The summed E-state index contributed by atoms with van der Waals surface area (Å²) in [4.78, 5) is 11.1. The number of hydrogen-bond donors (Lipinski definition) is 1. The van der Waals surface area contributed by atoms with Crippen LogP contribution in [0, 0.1) is 0 Å². The quantitative estimate of drug-likeness (QED) is 0.522. The van der Waals surface area contributed by atoms with E-state index in [1.807, 2.05) is 6.82 Å². The highest BCUT2D eigenvalue weighted by molar-refractivity contribution is 6.52. The zero-order chi connectivity index (χ0) is 9.84.